The van der Waals surface area contributed by atoms with Crippen LogP contribution in [0.25, 0.3) is 0 Å². The Morgan fingerprint density at radius 3 is 2.16 bits per heavy atom. The fraction of sp³-hybridized carbons (Fsp3) is 0.133. The molecule has 0 bridgehead atoms. The van der Waals surface area contributed by atoms with E-state index in [4.69, 9.17) is 9.47 Å². The zero-order valence-corrected chi connectivity index (χ0v) is 10.4. The van der Waals surface area contributed by atoms with Gasteiger partial charge in [0, 0.05) is 5.56 Å². The van der Waals surface area contributed by atoms with Gasteiger partial charge in [-0.1, -0.05) is 42.5 Å². The average molecular weight is 258 g/mol. The highest BCUT2D eigenvalue weighted by atomic mass is 16.5. The van der Waals surface area contributed by atoms with Crippen molar-refractivity contribution in [3.63, 3.8) is 0 Å². The Bertz CT molecular complexity index is 551. The number of hydrogen-bond acceptors (Lipinski definition) is 3. The molecule has 2 rings (SSSR count). The van der Waals surface area contributed by atoms with Gasteiger partial charge in [0.25, 0.3) is 0 Å². The first kappa shape index (κ1) is 13.0. The molecule has 4 nitrogen and oxygen atoms in total. The Hall–Kier alpha value is -2.49. The summed E-state index contributed by atoms with van der Waals surface area (Å²) in [5.41, 5.74) is 0.584. The van der Waals surface area contributed by atoms with Crippen LogP contribution < -0.4 is 9.47 Å². The fourth-order valence-corrected chi connectivity index (χ4v) is 1.73. The largest absolute Gasteiger partial charge is 0.493 e. The van der Waals surface area contributed by atoms with Gasteiger partial charge in [-0.25, -0.2) is 4.79 Å². The summed E-state index contributed by atoms with van der Waals surface area (Å²) in [4.78, 5) is 11.3. The first-order valence-corrected chi connectivity index (χ1v) is 5.80. The monoisotopic (exact) mass is 258 g/mol. The van der Waals surface area contributed by atoms with Gasteiger partial charge in [-0.15, -0.1) is 0 Å². The fourth-order valence-electron chi connectivity index (χ4n) is 1.73. The number of carboxylic acid groups (broad SMARTS) is 1. The van der Waals surface area contributed by atoms with Crippen molar-refractivity contribution in [2.24, 2.45) is 0 Å². The van der Waals surface area contributed by atoms with Crippen LogP contribution in [0.15, 0.2) is 54.6 Å². The van der Waals surface area contributed by atoms with E-state index in [9.17, 15) is 9.90 Å². The topological polar surface area (TPSA) is 55.8 Å². The number of benzene rings is 2. The maximum Gasteiger partial charge on any atom is 0.349 e. The lowest BCUT2D eigenvalue weighted by atomic mass is 10.1. The normalized spacial score (nSPS) is 11.6. The van der Waals surface area contributed by atoms with E-state index >= 15 is 0 Å². The molecule has 4 heteroatoms. The number of ether oxygens (including phenoxy) is 2. The molecule has 1 unspecified atom stereocenters. The van der Waals surface area contributed by atoms with Gasteiger partial charge in [0.1, 0.15) is 0 Å². The molecule has 0 saturated heterocycles. The predicted octanol–water partition coefficient (Wildman–Crippen LogP) is 2.90. The van der Waals surface area contributed by atoms with Crippen molar-refractivity contribution in [2.45, 2.75) is 6.10 Å². The Morgan fingerprint density at radius 1 is 1.00 bits per heavy atom. The van der Waals surface area contributed by atoms with Crippen LogP contribution in [-0.2, 0) is 4.79 Å². The Balaban J connectivity index is 2.30. The number of methoxy groups -OCH3 is 1. The second-order valence-corrected chi connectivity index (χ2v) is 3.90. The first-order chi connectivity index (χ1) is 9.22. The zero-order chi connectivity index (χ0) is 13.7. The predicted molar refractivity (Wildman–Crippen MR) is 70.4 cm³/mol. The molecule has 0 saturated carbocycles. The molecule has 0 spiro atoms. The van der Waals surface area contributed by atoms with Crippen LogP contribution in [0.3, 0.4) is 0 Å². The summed E-state index contributed by atoms with van der Waals surface area (Å²) in [5.74, 6) is -0.136. The second-order valence-electron chi connectivity index (χ2n) is 3.90. The molecule has 2 aromatic rings. The van der Waals surface area contributed by atoms with Gasteiger partial charge in [-0.3, -0.25) is 0 Å². The van der Waals surface area contributed by atoms with Crippen LogP contribution in [-0.4, -0.2) is 18.2 Å². The smallest absolute Gasteiger partial charge is 0.349 e. The summed E-state index contributed by atoms with van der Waals surface area (Å²) in [6.45, 7) is 0. The number of carbonyl (C=O) groups is 1. The van der Waals surface area contributed by atoms with E-state index < -0.39 is 12.1 Å². The van der Waals surface area contributed by atoms with Crippen molar-refractivity contribution >= 4 is 5.97 Å². The number of carboxylic acids is 1. The summed E-state index contributed by atoms with van der Waals surface area (Å²) in [5, 5.41) is 9.29. The zero-order valence-electron chi connectivity index (χ0n) is 10.4. The molecular weight excluding hydrogens is 244 g/mol. The van der Waals surface area contributed by atoms with Gasteiger partial charge in [-0.2, -0.15) is 0 Å². The van der Waals surface area contributed by atoms with E-state index in [1.165, 1.54) is 7.11 Å². The summed E-state index contributed by atoms with van der Waals surface area (Å²) in [6.07, 6.45) is -1.06. The summed E-state index contributed by atoms with van der Waals surface area (Å²) < 4.78 is 10.7. The molecule has 0 radical (unpaired) electrons. The van der Waals surface area contributed by atoms with E-state index in [1.807, 2.05) is 6.07 Å². The van der Waals surface area contributed by atoms with Gasteiger partial charge >= 0.3 is 5.97 Å². The van der Waals surface area contributed by atoms with Crippen molar-refractivity contribution in [3.05, 3.63) is 60.2 Å². The summed E-state index contributed by atoms with van der Waals surface area (Å²) in [7, 11) is 1.51. The van der Waals surface area contributed by atoms with E-state index in [2.05, 4.69) is 0 Å². The number of rotatable bonds is 5. The minimum absolute atomic E-state index is 0.404. The third-order valence-corrected chi connectivity index (χ3v) is 2.64. The van der Waals surface area contributed by atoms with E-state index in [1.54, 1.807) is 48.5 Å². The van der Waals surface area contributed by atoms with Gasteiger partial charge < -0.3 is 14.6 Å². The molecule has 1 atom stereocenters. The molecule has 0 aliphatic rings. The standard InChI is InChI=1S/C15H14O4/c1-18-12-9-5-6-10-13(12)19-14(15(16)17)11-7-3-2-4-8-11/h2-10,14H,1H3,(H,16,17). The van der Waals surface area contributed by atoms with Crippen LogP contribution in [0, 0.1) is 0 Å². The highest BCUT2D eigenvalue weighted by Gasteiger charge is 2.22. The lowest BCUT2D eigenvalue weighted by Crippen LogP contribution is -2.18. The molecule has 2 aromatic carbocycles. The average Bonchev–Trinajstić information content (AvgIpc) is 2.45. The Labute approximate surface area is 111 Å². The molecular formula is C15H14O4. The van der Waals surface area contributed by atoms with Crippen LogP contribution in [0.2, 0.25) is 0 Å². The molecule has 1 N–H and O–H groups in total. The van der Waals surface area contributed by atoms with Gasteiger partial charge in [-0.05, 0) is 12.1 Å². The quantitative estimate of drug-likeness (QED) is 0.895. The third-order valence-electron chi connectivity index (χ3n) is 2.64. The van der Waals surface area contributed by atoms with E-state index in [0.29, 0.717) is 17.1 Å². The minimum atomic E-state index is -1.06. The third kappa shape index (κ3) is 3.04. The molecule has 0 aliphatic heterocycles. The van der Waals surface area contributed by atoms with Crippen molar-refractivity contribution in [1.29, 1.82) is 0 Å². The molecule has 0 heterocycles. The highest BCUT2D eigenvalue weighted by Crippen LogP contribution is 2.30. The highest BCUT2D eigenvalue weighted by molar-refractivity contribution is 5.75. The van der Waals surface area contributed by atoms with Gasteiger partial charge in [0.15, 0.2) is 11.5 Å². The lowest BCUT2D eigenvalue weighted by molar-refractivity contribution is -0.145. The van der Waals surface area contributed by atoms with Crippen molar-refractivity contribution in [2.75, 3.05) is 7.11 Å². The molecule has 98 valence electrons. The van der Waals surface area contributed by atoms with Crippen LogP contribution in [0.5, 0.6) is 11.5 Å². The maximum atomic E-state index is 11.3. The number of aliphatic carboxylic acids is 1. The number of hydrogen-bond donors (Lipinski definition) is 1. The van der Waals surface area contributed by atoms with Crippen LogP contribution in [0.1, 0.15) is 11.7 Å². The number of para-hydroxylation sites is 2. The van der Waals surface area contributed by atoms with Crippen molar-refractivity contribution in [3.8, 4) is 11.5 Å². The maximum absolute atomic E-state index is 11.3. The minimum Gasteiger partial charge on any atom is -0.493 e. The molecule has 0 amide bonds. The molecule has 0 fully saturated rings. The lowest BCUT2D eigenvalue weighted by Gasteiger charge is -2.17. The SMILES string of the molecule is COc1ccccc1OC(C(=O)O)c1ccccc1. The van der Waals surface area contributed by atoms with Crippen molar-refractivity contribution in [1.82, 2.24) is 0 Å². The van der Waals surface area contributed by atoms with Crippen molar-refractivity contribution < 1.29 is 19.4 Å². The Kier molecular flexibility index (Phi) is 4.03. The molecule has 0 aliphatic carbocycles. The Morgan fingerprint density at radius 2 is 1.58 bits per heavy atom. The second kappa shape index (κ2) is 5.91. The van der Waals surface area contributed by atoms with Gasteiger partial charge in [0.2, 0.25) is 6.10 Å². The molecule has 0 aromatic heterocycles. The summed E-state index contributed by atoms with van der Waals surface area (Å²) in [6, 6.07) is 15.8. The van der Waals surface area contributed by atoms with Crippen LogP contribution in [0.4, 0.5) is 0 Å². The van der Waals surface area contributed by atoms with E-state index in [-0.39, 0.29) is 0 Å². The first-order valence-electron chi connectivity index (χ1n) is 5.80. The van der Waals surface area contributed by atoms with E-state index in [0.717, 1.165) is 0 Å². The van der Waals surface area contributed by atoms with Gasteiger partial charge in [0.05, 0.1) is 7.11 Å². The molecule has 19 heavy (non-hydrogen) atoms. The summed E-state index contributed by atoms with van der Waals surface area (Å²) >= 11 is 0. The van der Waals surface area contributed by atoms with Crippen LogP contribution >= 0.6 is 0 Å².